The molecule has 0 bridgehead atoms. The Hall–Kier alpha value is -2.79. The summed E-state index contributed by atoms with van der Waals surface area (Å²) in [6.07, 6.45) is 3.05. The molecule has 3 aromatic rings. The average molecular weight is 392 g/mol. The lowest BCUT2D eigenvalue weighted by atomic mass is 10.1. The highest BCUT2D eigenvalue weighted by molar-refractivity contribution is 5.83. The summed E-state index contributed by atoms with van der Waals surface area (Å²) >= 11 is 0. The van der Waals surface area contributed by atoms with Crippen LogP contribution in [0.4, 0.5) is 0 Å². The fourth-order valence-electron chi connectivity index (χ4n) is 3.60. The molecule has 0 atom stereocenters. The molecule has 0 saturated heterocycles. The van der Waals surface area contributed by atoms with Gasteiger partial charge in [0.1, 0.15) is 0 Å². The molecular formula is C24H33N5. The van der Waals surface area contributed by atoms with Gasteiger partial charge in [-0.25, -0.2) is 0 Å². The largest absolute Gasteiger partial charge is 0.361 e. The molecule has 0 aliphatic heterocycles. The van der Waals surface area contributed by atoms with Crippen LogP contribution in [0.1, 0.15) is 30.5 Å². The fraction of sp³-hybridized carbons (Fsp3) is 0.375. The van der Waals surface area contributed by atoms with E-state index in [1.807, 2.05) is 7.05 Å². The number of rotatable bonds is 9. The van der Waals surface area contributed by atoms with Crippen molar-refractivity contribution >= 4 is 16.9 Å². The molecule has 1 heterocycles. The normalized spacial score (nSPS) is 11.9. The third-order valence-corrected chi connectivity index (χ3v) is 5.34. The molecule has 0 aliphatic rings. The van der Waals surface area contributed by atoms with Gasteiger partial charge in [-0.2, -0.15) is 0 Å². The Morgan fingerprint density at radius 2 is 1.79 bits per heavy atom. The molecule has 3 N–H and O–H groups in total. The molecule has 29 heavy (non-hydrogen) atoms. The summed E-state index contributed by atoms with van der Waals surface area (Å²) < 4.78 is 0. The predicted molar refractivity (Wildman–Crippen MR) is 123 cm³/mol. The summed E-state index contributed by atoms with van der Waals surface area (Å²) in [6.45, 7) is 9.17. The number of aromatic nitrogens is 1. The number of nitrogens with zero attached hydrogens (tertiary/aromatic N) is 2. The van der Waals surface area contributed by atoms with E-state index in [4.69, 9.17) is 0 Å². The Labute approximate surface area is 174 Å². The number of aromatic amines is 1. The van der Waals surface area contributed by atoms with Crippen molar-refractivity contribution < 1.29 is 0 Å². The number of hydrogen-bond acceptors (Lipinski definition) is 2. The highest BCUT2D eigenvalue weighted by Crippen LogP contribution is 2.17. The molecule has 0 unspecified atom stereocenters. The predicted octanol–water partition coefficient (Wildman–Crippen LogP) is 3.92. The van der Waals surface area contributed by atoms with Gasteiger partial charge < -0.3 is 15.6 Å². The minimum atomic E-state index is 0.763. The van der Waals surface area contributed by atoms with E-state index < -0.39 is 0 Å². The summed E-state index contributed by atoms with van der Waals surface area (Å²) in [5.41, 5.74) is 5.15. The second kappa shape index (κ2) is 10.7. The summed E-state index contributed by atoms with van der Waals surface area (Å²) in [4.78, 5) is 10.1. The first-order valence-electron chi connectivity index (χ1n) is 10.5. The molecule has 3 rings (SSSR count). The lowest BCUT2D eigenvalue weighted by Gasteiger charge is -2.18. The minimum absolute atomic E-state index is 0.763. The first-order valence-corrected chi connectivity index (χ1v) is 10.5. The molecule has 0 amide bonds. The van der Waals surface area contributed by atoms with Crippen LogP contribution < -0.4 is 10.6 Å². The van der Waals surface area contributed by atoms with Crippen LogP contribution >= 0.6 is 0 Å². The zero-order valence-corrected chi connectivity index (χ0v) is 17.8. The van der Waals surface area contributed by atoms with Crippen LogP contribution in [0.25, 0.3) is 10.9 Å². The van der Waals surface area contributed by atoms with Crippen molar-refractivity contribution in [2.45, 2.75) is 33.4 Å². The maximum atomic E-state index is 4.36. The number of aliphatic imine (C=N–C) groups is 1. The van der Waals surface area contributed by atoms with Crippen LogP contribution in [0.3, 0.4) is 0 Å². The van der Waals surface area contributed by atoms with Gasteiger partial charge in [0, 0.05) is 43.8 Å². The van der Waals surface area contributed by atoms with Gasteiger partial charge >= 0.3 is 0 Å². The van der Waals surface area contributed by atoms with Crippen LogP contribution in [-0.2, 0) is 19.5 Å². The first kappa shape index (κ1) is 20.9. The minimum Gasteiger partial charge on any atom is -0.361 e. The third kappa shape index (κ3) is 5.84. The van der Waals surface area contributed by atoms with Gasteiger partial charge in [-0.15, -0.1) is 0 Å². The van der Waals surface area contributed by atoms with Crippen LogP contribution in [-0.4, -0.2) is 42.5 Å². The molecule has 2 aromatic carbocycles. The third-order valence-electron chi connectivity index (χ3n) is 5.34. The summed E-state index contributed by atoms with van der Waals surface area (Å²) in [5.74, 6) is 0.832. The molecular weight excluding hydrogens is 358 g/mol. The monoisotopic (exact) mass is 391 g/mol. The van der Waals surface area contributed by atoms with Crippen molar-refractivity contribution in [1.82, 2.24) is 20.5 Å². The van der Waals surface area contributed by atoms with Gasteiger partial charge in [-0.05, 0) is 42.3 Å². The van der Waals surface area contributed by atoms with E-state index in [1.54, 1.807) is 0 Å². The fourth-order valence-corrected chi connectivity index (χ4v) is 3.60. The maximum Gasteiger partial charge on any atom is 0.191 e. The Kier molecular flexibility index (Phi) is 7.70. The summed E-state index contributed by atoms with van der Waals surface area (Å²) in [6, 6.07) is 17.2. The number of guanidine groups is 1. The molecule has 1 aromatic heterocycles. The van der Waals surface area contributed by atoms with Crippen molar-refractivity contribution in [2.24, 2.45) is 4.99 Å². The van der Waals surface area contributed by atoms with Crippen molar-refractivity contribution in [3.63, 3.8) is 0 Å². The molecule has 5 nitrogen and oxygen atoms in total. The standard InChI is InChI=1S/C24H33N5/c1-4-29(5-2)18-20-10-8-9-19(15-20)16-28-24(25-3)26-14-13-21-17-27-23-12-7-6-11-22(21)23/h6-12,15,17,27H,4-5,13-14,16,18H2,1-3H3,(H2,25,26,28). The molecule has 0 spiro atoms. The Morgan fingerprint density at radius 1 is 1.00 bits per heavy atom. The maximum absolute atomic E-state index is 4.36. The second-order valence-corrected chi connectivity index (χ2v) is 7.24. The number of hydrogen-bond donors (Lipinski definition) is 3. The van der Waals surface area contributed by atoms with Gasteiger partial charge in [0.25, 0.3) is 0 Å². The highest BCUT2D eigenvalue weighted by Gasteiger charge is 2.05. The van der Waals surface area contributed by atoms with Gasteiger partial charge in [0.2, 0.25) is 0 Å². The van der Waals surface area contributed by atoms with E-state index in [1.165, 1.54) is 27.6 Å². The number of benzene rings is 2. The van der Waals surface area contributed by atoms with Crippen LogP contribution in [0.5, 0.6) is 0 Å². The molecule has 0 aliphatic carbocycles. The van der Waals surface area contributed by atoms with Crippen molar-refractivity contribution in [1.29, 1.82) is 0 Å². The lowest BCUT2D eigenvalue weighted by Crippen LogP contribution is -2.37. The van der Waals surface area contributed by atoms with E-state index in [2.05, 4.69) is 94.1 Å². The topological polar surface area (TPSA) is 55.4 Å². The lowest BCUT2D eigenvalue weighted by molar-refractivity contribution is 0.296. The molecule has 5 heteroatoms. The Bertz CT molecular complexity index is 924. The summed E-state index contributed by atoms with van der Waals surface area (Å²) in [5, 5.41) is 8.15. The van der Waals surface area contributed by atoms with Gasteiger partial charge in [0.05, 0.1) is 0 Å². The van der Waals surface area contributed by atoms with Gasteiger partial charge in [-0.1, -0.05) is 56.3 Å². The van der Waals surface area contributed by atoms with E-state index in [0.717, 1.165) is 45.1 Å². The number of H-pyrrole nitrogens is 1. The smallest absolute Gasteiger partial charge is 0.191 e. The van der Waals surface area contributed by atoms with Gasteiger partial charge in [0.15, 0.2) is 5.96 Å². The quantitative estimate of drug-likeness (QED) is 0.383. The van der Waals surface area contributed by atoms with E-state index in [9.17, 15) is 0 Å². The number of fused-ring (bicyclic) bond motifs is 1. The van der Waals surface area contributed by atoms with Crippen molar-refractivity contribution in [3.05, 3.63) is 71.4 Å². The second-order valence-electron chi connectivity index (χ2n) is 7.24. The molecule has 0 saturated carbocycles. The van der Waals surface area contributed by atoms with Gasteiger partial charge in [-0.3, -0.25) is 9.89 Å². The molecule has 154 valence electrons. The summed E-state index contributed by atoms with van der Waals surface area (Å²) in [7, 11) is 1.82. The average Bonchev–Trinajstić information content (AvgIpc) is 3.18. The SMILES string of the molecule is CCN(CC)Cc1cccc(CNC(=NC)NCCc2c[nH]c3ccccc23)c1. The Balaban J connectivity index is 1.49. The molecule has 0 radical (unpaired) electrons. The zero-order chi connectivity index (χ0) is 20.5. The molecule has 0 fully saturated rings. The zero-order valence-electron chi connectivity index (χ0n) is 17.8. The van der Waals surface area contributed by atoms with Crippen LogP contribution in [0.2, 0.25) is 0 Å². The van der Waals surface area contributed by atoms with Crippen LogP contribution in [0.15, 0.2) is 59.7 Å². The Morgan fingerprint density at radius 3 is 2.59 bits per heavy atom. The highest BCUT2D eigenvalue weighted by atomic mass is 15.2. The van der Waals surface area contributed by atoms with Crippen molar-refractivity contribution in [3.8, 4) is 0 Å². The van der Waals surface area contributed by atoms with E-state index in [0.29, 0.717) is 0 Å². The van der Waals surface area contributed by atoms with E-state index in [-0.39, 0.29) is 0 Å². The van der Waals surface area contributed by atoms with Crippen LogP contribution in [0, 0.1) is 0 Å². The first-order chi connectivity index (χ1) is 14.2. The number of para-hydroxylation sites is 1. The number of nitrogens with one attached hydrogen (secondary N) is 3. The van der Waals surface area contributed by atoms with E-state index >= 15 is 0 Å². The van der Waals surface area contributed by atoms with Crippen molar-refractivity contribution in [2.75, 3.05) is 26.7 Å².